The molecular weight excluding hydrogens is 514 g/mol. The topological polar surface area (TPSA) is 97.0 Å². The number of nitrogens with zero attached hydrogens (tertiary/aromatic N) is 1. The third-order valence-electron chi connectivity index (χ3n) is 6.04. The summed E-state index contributed by atoms with van der Waals surface area (Å²) in [5.74, 6) is 0.676. The van der Waals surface area contributed by atoms with E-state index in [0.29, 0.717) is 36.6 Å². The summed E-state index contributed by atoms with van der Waals surface area (Å²) in [4.78, 5) is 42.4. The highest BCUT2D eigenvalue weighted by Gasteiger charge is 2.36. The standard InChI is InChI=1S/C30H43N3O5S/c1-8-9-19-33(28(35)25(18-20-39-7)32-29(36)38-30(3,4)5)26(24-13-11-10-12-21(24)2)27(34)31-22-14-16-23(37-6)17-15-22/h10-17,25-26H,8-9,18-20H2,1-7H3,(H,31,34)(H,32,36). The van der Waals surface area contributed by atoms with E-state index in [2.05, 4.69) is 10.6 Å². The van der Waals surface area contributed by atoms with Crippen LogP contribution in [-0.2, 0) is 14.3 Å². The Balaban J connectivity index is 2.50. The monoisotopic (exact) mass is 557 g/mol. The molecule has 0 aliphatic carbocycles. The average molecular weight is 558 g/mol. The molecule has 214 valence electrons. The second-order valence-corrected chi connectivity index (χ2v) is 11.3. The van der Waals surface area contributed by atoms with Gasteiger partial charge in [0.05, 0.1) is 7.11 Å². The van der Waals surface area contributed by atoms with Gasteiger partial charge in [-0.25, -0.2) is 4.79 Å². The second kappa shape index (κ2) is 15.4. The normalized spacial score (nSPS) is 12.7. The van der Waals surface area contributed by atoms with Gasteiger partial charge in [0.25, 0.3) is 5.91 Å². The van der Waals surface area contributed by atoms with Crippen molar-refractivity contribution in [2.75, 3.05) is 31.0 Å². The number of nitrogens with one attached hydrogen (secondary N) is 2. The maximum Gasteiger partial charge on any atom is 0.408 e. The number of rotatable bonds is 13. The SMILES string of the molecule is CCCCN(C(=O)C(CCSC)NC(=O)OC(C)(C)C)C(C(=O)Nc1ccc(OC)cc1)c1ccccc1C. The number of unbranched alkanes of at least 4 members (excludes halogenated alkanes) is 1. The van der Waals surface area contributed by atoms with E-state index in [4.69, 9.17) is 9.47 Å². The summed E-state index contributed by atoms with van der Waals surface area (Å²) in [6, 6.07) is 12.9. The molecule has 0 spiro atoms. The van der Waals surface area contributed by atoms with Crippen molar-refractivity contribution < 1.29 is 23.9 Å². The van der Waals surface area contributed by atoms with E-state index in [1.54, 1.807) is 68.8 Å². The van der Waals surface area contributed by atoms with Crippen molar-refractivity contribution >= 4 is 35.4 Å². The number of benzene rings is 2. The lowest BCUT2D eigenvalue weighted by molar-refractivity contribution is -0.141. The number of amides is 3. The zero-order valence-electron chi connectivity index (χ0n) is 24.2. The van der Waals surface area contributed by atoms with Crippen LogP contribution in [-0.4, -0.2) is 60.1 Å². The van der Waals surface area contributed by atoms with Crippen LogP contribution in [0.1, 0.15) is 64.1 Å². The molecule has 2 aromatic rings. The van der Waals surface area contributed by atoms with E-state index in [1.165, 1.54) is 0 Å². The van der Waals surface area contributed by atoms with Gasteiger partial charge in [-0.3, -0.25) is 9.59 Å². The van der Waals surface area contributed by atoms with Crippen molar-refractivity contribution in [1.82, 2.24) is 10.2 Å². The minimum Gasteiger partial charge on any atom is -0.497 e. The van der Waals surface area contributed by atoms with Gasteiger partial charge < -0.3 is 25.0 Å². The van der Waals surface area contributed by atoms with Crippen LogP contribution in [0.3, 0.4) is 0 Å². The molecular formula is C30H43N3O5S. The molecule has 0 fully saturated rings. The molecule has 3 amide bonds. The van der Waals surface area contributed by atoms with Gasteiger partial charge in [0, 0.05) is 12.2 Å². The maximum absolute atomic E-state index is 14.2. The van der Waals surface area contributed by atoms with Crippen LogP contribution in [0.15, 0.2) is 48.5 Å². The third kappa shape index (κ3) is 10.1. The molecule has 2 aromatic carbocycles. The molecule has 0 bridgehead atoms. The first kappa shape index (κ1) is 32.0. The van der Waals surface area contributed by atoms with Gasteiger partial charge in [-0.1, -0.05) is 37.6 Å². The van der Waals surface area contributed by atoms with Gasteiger partial charge in [-0.15, -0.1) is 0 Å². The molecule has 39 heavy (non-hydrogen) atoms. The van der Waals surface area contributed by atoms with Gasteiger partial charge in [0.1, 0.15) is 23.4 Å². The number of anilines is 1. The van der Waals surface area contributed by atoms with Gasteiger partial charge in [-0.2, -0.15) is 11.8 Å². The fraction of sp³-hybridized carbons (Fsp3) is 0.500. The van der Waals surface area contributed by atoms with Crippen molar-refractivity contribution in [3.05, 3.63) is 59.7 Å². The van der Waals surface area contributed by atoms with Crippen LogP contribution in [0.5, 0.6) is 5.75 Å². The first-order valence-corrected chi connectivity index (χ1v) is 14.7. The molecule has 2 unspecified atom stereocenters. The van der Waals surface area contributed by atoms with Crippen LogP contribution in [0, 0.1) is 6.92 Å². The van der Waals surface area contributed by atoms with Crippen LogP contribution >= 0.6 is 11.8 Å². The number of hydrogen-bond donors (Lipinski definition) is 2. The van der Waals surface area contributed by atoms with Crippen LogP contribution in [0.25, 0.3) is 0 Å². The molecule has 2 N–H and O–H groups in total. The number of ether oxygens (including phenoxy) is 2. The Hall–Kier alpha value is -3.20. The first-order valence-electron chi connectivity index (χ1n) is 13.3. The van der Waals surface area contributed by atoms with Crippen LogP contribution in [0.2, 0.25) is 0 Å². The molecule has 2 rings (SSSR count). The Bertz CT molecular complexity index is 1080. The summed E-state index contributed by atoms with van der Waals surface area (Å²) < 4.78 is 10.7. The number of hydrogen-bond acceptors (Lipinski definition) is 6. The zero-order valence-corrected chi connectivity index (χ0v) is 25.0. The average Bonchev–Trinajstić information content (AvgIpc) is 2.88. The van der Waals surface area contributed by atoms with Crippen molar-refractivity contribution in [2.45, 2.75) is 71.6 Å². The number of alkyl carbamates (subject to hydrolysis) is 1. The quantitative estimate of drug-likeness (QED) is 0.316. The molecule has 0 aromatic heterocycles. The smallest absolute Gasteiger partial charge is 0.408 e. The van der Waals surface area contributed by atoms with Crippen LogP contribution in [0.4, 0.5) is 10.5 Å². The minimum atomic E-state index is -0.899. The highest BCUT2D eigenvalue weighted by atomic mass is 32.2. The summed E-state index contributed by atoms with van der Waals surface area (Å²) in [6.45, 7) is 9.64. The maximum atomic E-state index is 14.2. The van der Waals surface area contributed by atoms with Gasteiger partial charge >= 0.3 is 6.09 Å². The first-order chi connectivity index (χ1) is 18.5. The number of thioether (sulfide) groups is 1. The van der Waals surface area contributed by atoms with E-state index in [-0.39, 0.29) is 11.8 Å². The Morgan fingerprint density at radius 3 is 2.28 bits per heavy atom. The van der Waals surface area contributed by atoms with Crippen molar-refractivity contribution in [3.63, 3.8) is 0 Å². The molecule has 9 heteroatoms. The van der Waals surface area contributed by atoms with Crippen LogP contribution < -0.4 is 15.4 Å². The lowest BCUT2D eigenvalue weighted by atomic mass is 9.97. The van der Waals surface area contributed by atoms with E-state index in [9.17, 15) is 14.4 Å². The lowest BCUT2D eigenvalue weighted by Gasteiger charge is -2.35. The molecule has 0 aliphatic rings. The lowest BCUT2D eigenvalue weighted by Crippen LogP contribution is -2.53. The van der Waals surface area contributed by atoms with E-state index in [0.717, 1.165) is 17.5 Å². The second-order valence-electron chi connectivity index (χ2n) is 10.3. The molecule has 0 radical (unpaired) electrons. The summed E-state index contributed by atoms with van der Waals surface area (Å²) in [5.41, 5.74) is 1.51. The van der Waals surface area contributed by atoms with Gasteiger partial charge in [0.2, 0.25) is 5.91 Å². The Kier molecular flexibility index (Phi) is 12.6. The summed E-state index contributed by atoms with van der Waals surface area (Å²) in [6.07, 6.45) is 3.22. The minimum absolute atomic E-state index is 0.318. The predicted octanol–water partition coefficient (Wildman–Crippen LogP) is 5.96. The van der Waals surface area contributed by atoms with E-state index >= 15 is 0 Å². The Morgan fingerprint density at radius 2 is 1.72 bits per heavy atom. The predicted molar refractivity (Wildman–Crippen MR) is 158 cm³/mol. The van der Waals surface area contributed by atoms with E-state index in [1.807, 2.05) is 44.4 Å². The largest absolute Gasteiger partial charge is 0.497 e. The van der Waals surface area contributed by atoms with Gasteiger partial charge in [0.15, 0.2) is 0 Å². The highest BCUT2D eigenvalue weighted by molar-refractivity contribution is 7.98. The molecule has 0 saturated heterocycles. The molecule has 2 atom stereocenters. The molecule has 0 aliphatic heterocycles. The van der Waals surface area contributed by atoms with Crippen molar-refractivity contribution in [1.29, 1.82) is 0 Å². The fourth-order valence-corrected chi connectivity index (χ4v) is 4.54. The highest BCUT2D eigenvalue weighted by Crippen LogP contribution is 2.28. The molecule has 0 saturated carbocycles. The van der Waals surface area contributed by atoms with Crippen molar-refractivity contribution in [2.24, 2.45) is 0 Å². The number of methoxy groups -OCH3 is 1. The third-order valence-corrected chi connectivity index (χ3v) is 6.68. The van der Waals surface area contributed by atoms with E-state index < -0.39 is 23.8 Å². The van der Waals surface area contributed by atoms with Crippen molar-refractivity contribution in [3.8, 4) is 5.75 Å². The number of carbonyl (C=O) groups is 3. The number of carbonyl (C=O) groups excluding carboxylic acids is 3. The fourth-order valence-electron chi connectivity index (χ4n) is 4.07. The zero-order chi connectivity index (χ0) is 29.0. The summed E-state index contributed by atoms with van der Waals surface area (Å²) in [5, 5.41) is 5.76. The molecule has 8 nitrogen and oxygen atoms in total. The molecule has 0 heterocycles. The number of aryl methyl sites for hydroxylation is 1. The van der Waals surface area contributed by atoms with Gasteiger partial charge in [-0.05, 0) is 87.9 Å². The summed E-state index contributed by atoms with van der Waals surface area (Å²) in [7, 11) is 1.58. The Morgan fingerprint density at radius 1 is 1.05 bits per heavy atom. The Labute approximate surface area is 237 Å². The summed E-state index contributed by atoms with van der Waals surface area (Å²) >= 11 is 1.58.